The van der Waals surface area contributed by atoms with Crippen LogP contribution in [0, 0.1) is 0 Å². The zero-order valence-electron chi connectivity index (χ0n) is 11.7. The number of allylic oxidation sites excluding steroid dienone is 1. The molecule has 1 aliphatic rings. The van der Waals surface area contributed by atoms with Crippen LogP contribution >= 0.6 is 0 Å². The van der Waals surface area contributed by atoms with Crippen molar-refractivity contribution in [1.82, 2.24) is 15.0 Å². The van der Waals surface area contributed by atoms with Crippen molar-refractivity contribution in [1.29, 1.82) is 0 Å². The lowest BCUT2D eigenvalue weighted by molar-refractivity contribution is -0.156. The standard InChI is InChI=1S/C12H14N4O5/c1-18-8-7-9(19-2)15-12(14-8)21-16-6-4-5-13-10(16)11(17)20-3/h4-7,10H,1-3H3. The maximum atomic E-state index is 11.6. The predicted octanol–water partition coefficient (Wildman–Crippen LogP) is 0.187. The third kappa shape index (κ3) is 3.38. The van der Waals surface area contributed by atoms with Gasteiger partial charge in [0.25, 0.3) is 6.17 Å². The van der Waals surface area contributed by atoms with Gasteiger partial charge in [-0.2, -0.15) is 15.0 Å². The van der Waals surface area contributed by atoms with Gasteiger partial charge in [-0.05, 0) is 6.08 Å². The number of hydroxylamine groups is 2. The average Bonchev–Trinajstić information content (AvgIpc) is 2.54. The first-order valence-electron chi connectivity index (χ1n) is 5.89. The van der Waals surface area contributed by atoms with E-state index in [0.717, 1.165) is 0 Å². The summed E-state index contributed by atoms with van der Waals surface area (Å²) in [6.07, 6.45) is 3.59. The second-order valence-corrected chi connectivity index (χ2v) is 3.72. The van der Waals surface area contributed by atoms with Crippen molar-refractivity contribution >= 4 is 12.2 Å². The molecule has 0 aromatic carbocycles. The van der Waals surface area contributed by atoms with Gasteiger partial charge in [0.1, 0.15) is 0 Å². The number of hydrogen-bond donors (Lipinski definition) is 0. The van der Waals surface area contributed by atoms with Gasteiger partial charge in [-0.1, -0.05) is 0 Å². The van der Waals surface area contributed by atoms with E-state index >= 15 is 0 Å². The SMILES string of the molecule is COC(=O)C1N=CC=CN1Oc1nc(OC)cc(OC)n1. The second-order valence-electron chi connectivity index (χ2n) is 3.72. The minimum absolute atomic E-state index is 0.0538. The fourth-order valence-corrected chi connectivity index (χ4v) is 1.48. The average molecular weight is 294 g/mol. The van der Waals surface area contributed by atoms with Crippen LogP contribution in [0.3, 0.4) is 0 Å². The lowest BCUT2D eigenvalue weighted by Gasteiger charge is -2.25. The Hall–Kier alpha value is -2.84. The number of ether oxygens (including phenoxy) is 3. The Kier molecular flexibility index (Phi) is 4.54. The molecule has 0 spiro atoms. The van der Waals surface area contributed by atoms with Gasteiger partial charge in [0, 0.05) is 12.4 Å². The van der Waals surface area contributed by atoms with Crippen LogP contribution in [0.25, 0.3) is 0 Å². The summed E-state index contributed by atoms with van der Waals surface area (Å²) in [6, 6.07) is 1.44. The summed E-state index contributed by atoms with van der Waals surface area (Å²) in [4.78, 5) is 29.0. The van der Waals surface area contributed by atoms with Gasteiger partial charge in [-0.15, -0.1) is 0 Å². The molecule has 0 saturated carbocycles. The van der Waals surface area contributed by atoms with Crippen LogP contribution in [0.4, 0.5) is 0 Å². The molecule has 21 heavy (non-hydrogen) atoms. The molecular formula is C12H14N4O5. The fraction of sp³-hybridized carbons (Fsp3) is 0.333. The number of hydrogen-bond acceptors (Lipinski definition) is 9. The molecule has 112 valence electrons. The highest BCUT2D eigenvalue weighted by atomic mass is 16.7. The molecule has 1 unspecified atom stereocenters. The predicted molar refractivity (Wildman–Crippen MR) is 71.0 cm³/mol. The van der Waals surface area contributed by atoms with Gasteiger partial charge in [0.2, 0.25) is 11.8 Å². The van der Waals surface area contributed by atoms with Crippen molar-refractivity contribution in [3.63, 3.8) is 0 Å². The number of aromatic nitrogens is 2. The van der Waals surface area contributed by atoms with Gasteiger partial charge in [-0.3, -0.25) is 4.99 Å². The van der Waals surface area contributed by atoms with E-state index < -0.39 is 12.1 Å². The minimum atomic E-state index is -0.971. The Bertz CT molecular complexity index is 553. The van der Waals surface area contributed by atoms with Crippen LogP contribution in [0.5, 0.6) is 17.8 Å². The molecule has 2 heterocycles. The number of esters is 1. The summed E-state index contributed by atoms with van der Waals surface area (Å²) in [6.45, 7) is 0. The van der Waals surface area contributed by atoms with Crippen molar-refractivity contribution in [2.24, 2.45) is 4.99 Å². The van der Waals surface area contributed by atoms with E-state index in [0.29, 0.717) is 0 Å². The smallest absolute Gasteiger partial charge is 0.354 e. The zero-order valence-corrected chi connectivity index (χ0v) is 11.7. The normalized spacial score (nSPS) is 16.5. The number of aliphatic imine (C=N–C) groups is 1. The number of nitrogens with zero attached hydrogens (tertiary/aromatic N) is 4. The molecule has 9 heteroatoms. The van der Waals surface area contributed by atoms with Crippen LogP contribution in [-0.2, 0) is 9.53 Å². The van der Waals surface area contributed by atoms with Crippen molar-refractivity contribution in [2.75, 3.05) is 21.3 Å². The molecule has 1 aliphatic heterocycles. The molecule has 0 bridgehead atoms. The summed E-state index contributed by atoms with van der Waals surface area (Å²) in [5.41, 5.74) is 0. The monoisotopic (exact) mass is 294 g/mol. The van der Waals surface area contributed by atoms with Gasteiger partial charge < -0.3 is 19.0 Å². The zero-order chi connectivity index (χ0) is 15.2. The first kappa shape index (κ1) is 14.6. The quantitative estimate of drug-likeness (QED) is 0.710. The number of carbonyl (C=O) groups excluding carboxylic acids is 1. The van der Waals surface area contributed by atoms with Gasteiger partial charge >= 0.3 is 12.0 Å². The first-order valence-corrected chi connectivity index (χ1v) is 5.89. The molecule has 1 atom stereocenters. The van der Waals surface area contributed by atoms with Gasteiger partial charge in [0.05, 0.1) is 27.4 Å². The molecule has 0 fully saturated rings. The maximum absolute atomic E-state index is 11.6. The lowest BCUT2D eigenvalue weighted by Crippen LogP contribution is -2.41. The Balaban J connectivity index is 2.21. The van der Waals surface area contributed by atoms with Crippen LogP contribution in [-0.4, -0.2) is 54.7 Å². The van der Waals surface area contributed by atoms with Gasteiger partial charge in [-0.25, -0.2) is 4.79 Å². The Morgan fingerprint density at radius 3 is 2.43 bits per heavy atom. The molecule has 0 amide bonds. The lowest BCUT2D eigenvalue weighted by atomic mass is 10.4. The molecule has 2 rings (SSSR count). The molecule has 9 nitrogen and oxygen atoms in total. The Morgan fingerprint density at radius 2 is 1.86 bits per heavy atom. The van der Waals surface area contributed by atoms with Gasteiger partial charge in [0.15, 0.2) is 0 Å². The Labute approximate surface area is 120 Å². The number of methoxy groups -OCH3 is 3. The van der Waals surface area contributed by atoms with Crippen LogP contribution in [0.1, 0.15) is 0 Å². The summed E-state index contributed by atoms with van der Waals surface area (Å²) < 4.78 is 14.7. The van der Waals surface area contributed by atoms with E-state index in [4.69, 9.17) is 14.3 Å². The molecular weight excluding hydrogens is 280 g/mol. The number of rotatable bonds is 5. The fourth-order valence-electron chi connectivity index (χ4n) is 1.48. The highest BCUT2D eigenvalue weighted by Crippen LogP contribution is 2.20. The van der Waals surface area contributed by atoms with E-state index in [-0.39, 0.29) is 17.8 Å². The van der Waals surface area contributed by atoms with Crippen molar-refractivity contribution < 1.29 is 23.8 Å². The molecule has 0 aliphatic carbocycles. The second kappa shape index (κ2) is 6.55. The molecule has 0 radical (unpaired) electrons. The van der Waals surface area contributed by atoms with E-state index in [1.54, 1.807) is 6.08 Å². The third-order valence-electron chi connectivity index (χ3n) is 2.46. The molecule has 1 aromatic heterocycles. The van der Waals surface area contributed by atoms with E-state index in [2.05, 4.69) is 19.7 Å². The summed E-state index contributed by atoms with van der Waals surface area (Å²) in [7, 11) is 4.17. The maximum Gasteiger partial charge on any atom is 0.354 e. The van der Waals surface area contributed by atoms with Crippen LogP contribution < -0.4 is 14.3 Å². The topological polar surface area (TPSA) is 95.4 Å². The third-order valence-corrected chi connectivity index (χ3v) is 2.46. The minimum Gasteiger partial charge on any atom is -0.481 e. The molecule has 0 N–H and O–H groups in total. The molecule has 1 aromatic rings. The first-order chi connectivity index (χ1) is 10.2. The van der Waals surface area contributed by atoms with Crippen LogP contribution in [0.2, 0.25) is 0 Å². The molecule has 0 saturated heterocycles. The van der Waals surface area contributed by atoms with E-state index in [9.17, 15) is 4.79 Å². The Morgan fingerprint density at radius 1 is 1.19 bits per heavy atom. The highest BCUT2D eigenvalue weighted by Gasteiger charge is 2.28. The van der Waals surface area contributed by atoms with Crippen molar-refractivity contribution in [3.8, 4) is 17.8 Å². The van der Waals surface area contributed by atoms with Crippen molar-refractivity contribution in [3.05, 3.63) is 18.3 Å². The number of carbonyl (C=O) groups is 1. The largest absolute Gasteiger partial charge is 0.481 e. The highest BCUT2D eigenvalue weighted by molar-refractivity contribution is 5.81. The summed E-state index contributed by atoms with van der Waals surface area (Å²) in [5.74, 6) is -0.0580. The van der Waals surface area contributed by atoms with E-state index in [1.165, 1.54) is 44.9 Å². The van der Waals surface area contributed by atoms with Crippen molar-refractivity contribution in [2.45, 2.75) is 6.17 Å². The summed E-state index contributed by atoms with van der Waals surface area (Å²) >= 11 is 0. The summed E-state index contributed by atoms with van der Waals surface area (Å²) in [5, 5.41) is 1.17. The van der Waals surface area contributed by atoms with Crippen LogP contribution in [0.15, 0.2) is 23.3 Å². The van der Waals surface area contributed by atoms with E-state index in [1.807, 2.05) is 0 Å².